The van der Waals surface area contributed by atoms with Crippen molar-refractivity contribution in [3.8, 4) is 0 Å². The molecule has 3 aromatic rings. The van der Waals surface area contributed by atoms with Gasteiger partial charge in [-0.25, -0.2) is 0 Å². The lowest BCUT2D eigenvalue weighted by atomic mass is 9.96. The summed E-state index contributed by atoms with van der Waals surface area (Å²) in [6.45, 7) is 1.50. The fourth-order valence-corrected chi connectivity index (χ4v) is 3.27. The van der Waals surface area contributed by atoms with E-state index < -0.39 is 0 Å². The Balaban J connectivity index is 1.59. The molecule has 5 nitrogen and oxygen atoms in total. The van der Waals surface area contributed by atoms with Crippen molar-refractivity contribution in [3.63, 3.8) is 0 Å². The second kappa shape index (κ2) is 5.83. The third-order valence-electron chi connectivity index (χ3n) is 4.43. The van der Waals surface area contributed by atoms with E-state index in [1.165, 1.54) is 0 Å². The van der Waals surface area contributed by atoms with Crippen molar-refractivity contribution in [3.05, 3.63) is 66.1 Å². The summed E-state index contributed by atoms with van der Waals surface area (Å²) < 4.78 is 2.03. The predicted octanol–water partition coefficient (Wildman–Crippen LogP) is 2.75. The van der Waals surface area contributed by atoms with E-state index in [-0.39, 0.29) is 11.8 Å². The number of pyridine rings is 1. The highest BCUT2D eigenvalue weighted by atomic mass is 16.2. The molecule has 1 aliphatic heterocycles. The molecule has 23 heavy (non-hydrogen) atoms. The Morgan fingerprint density at radius 1 is 1.04 bits per heavy atom. The van der Waals surface area contributed by atoms with E-state index in [0.29, 0.717) is 6.54 Å². The maximum absolute atomic E-state index is 12.7. The predicted molar refractivity (Wildman–Crippen MR) is 87.3 cm³/mol. The quantitative estimate of drug-likeness (QED) is 0.731. The first-order valence-corrected chi connectivity index (χ1v) is 7.97. The maximum Gasteiger partial charge on any atom is 0.253 e. The third kappa shape index (κ3) is 2.59. The Kier molecular flexibility index (Phi) is 3.54. The molecular formula is C18H18N4O. The number of amides is 1. The first-order valence-electron chi connectivity index (χ1n) is 7.97. The molecule has 0 aliphatic carbocycles. The second-order valence-electron chi connectivity index (χ2n) is 5.94. The molecule has 0 saturated carbocycles. The van der Waals surface area contributed by atoms with E-state index in [0.717, 1.165) is 36.4 Å². The Morgan fingerprint density at radius 2 is 1.87 bits per heavy atom. The Morgan fingerprint density at radius 3 is 2.74 bits per heavy atom. The van der Waals surface area contributed by atoms with Crippen LogP contribution < -0.4 is 0 Å². The summed E-state index contributed by atoms with van der Waals surface area (Å²) in [7, 11) is 0. The molecule has 0 bridgehead atoms. The molecule has 4 rings (SSSR count). The molecule has 1 saturated heterocycles. The fraction of sp³-hybridized carbons (Fsp3) is 0.278. The minimum absolute atomic E-state index is 0.101. The average molecular weight is 306 g/mol. The number of carbonyl (C=O) groups is 1. The summed E-state index contributed by atoms with van der Waals surface area (Å²) in [6.07, 6.45) is 4.02. The molecule has 0 N–H and O–H groups in total. The molecule has 1 fully saturated rings. The summed E-state index contributed by atoms with van der Waals surface area (Å²) >= 11 is 0. The molecule has 0 spiro atoms. The average Bonchev–Trinajstić information content (AvgIpc) is 3.06. The zero-order valence-electron chi connectivity index (χ0n) is 12.8. The van der Waals surface area contributed by atoms with Crippen molar-refractivity contribution in [1.82, 2.24) is 19.5 Å². The van der Waals surface area contributed by atoms with E-state index in [4.69, 9.17) is 0 Å². The van der Waals surface area contributed by atoms with Gasteiger partial charge in [-0.15, -0.1) is 10.2 Å². The number of likely N-dealkylation sites (tertiary alicyclic amines) is 1. The number of benzene rings is 1. The highest BCUT2D eigenvalue weighted by Gasteiger charge is 2.28. The van der Waals surface area contributed by atoms with Gasteiger partial charge in [0, 0.05) is 30.8 Å². The molecule has 3 heterocycles. The zero-order valence-corrected chi connectivity index (χ0v) is 12.8. The number of carbonyl (C=O) groups excluding carboxylic acids is 1. The van der Waals surface area contributed by atoms with Gasteiger partial charge in [0.25, 0.3) is 5.91 Å². The van der Waals surface area contributed by atoms with Crippen molar-refractivity contribution in [2.24, 2.45) is 0 Å². The van der Waals surface area contributed by atoms with Crippen molar-refractivity contribution in [1.29, 1.82) is 0 Å². The largest absolute Gasteiger partial charge is 0.338 e. The van der Waals surface area contributed by atoms with Crippen LogP contribution >= 0.6 is 0 Å². The summed E-state index contributed by atoms with van der Waals surface area (Å²) in [5.74, 6) is 1.28. The first-order chi connectivity index (χ1) is 11.3. The van der Waals surface area contributed by atoms with E-state index in [1.807, 2.05) is 64.0 Å². The van der Waals surface area contributed by atoms with Gasteiger partial charge in [0.15, 0.2) is 5.65 Å². The van der Waals surface area contributed by atoms with Gasteiger partial charge in [-0.2, -0.15) is 0 Å². The lowest BCUT2D eigenvalue weighted by molar-refractivity contribution is 0.0704. The maximum atomic E-state index is 12.7. The lowest BCUT2D eigenvalue weighted by Gasteiger charge is -2.32. The number of fused-ring (bicyclic) bond motifs is 1. The van der Waals surface area contributed by atoms with E-state index in [2.05, 4.69) is 10.2 Å². The van der Waals surface area contributed by atoms with Gasteiger partial charge in [-0.3, -0.25) is 9.20 Å². The van der Waals surface area contributed by atoms with Crippen LogP contribution in [0, 0.1) is 0 Å². The number of rotatable bonds is 2. The summed E-state index contributed by atoms with van der Waals surface area (Å²) in [4.78, 5) is 14.6. The number of aromatic nitrogens is 3. The van der Waals surface area contributed by atoms with Gasteiger partial charge in [-0.1, -0.05) is 24.3 Å². The minimum atomic E-state index is 0.101. The van der Waals surface area contributed by atoms with Crippen LogP contribution in [0.5, 0.6) is 0 Å². The molecule has 1 atom stereocenters. The molecule has 0 unspecified atom stereocenters. The van der Waals surface area contributed by atoms with Crippen LogP contribution in [-0.2, 0) is 0 Å². The standard InChI is InChI=1S/C18H18N4O/c23-18(14-7-2-1-3-8-14)21-11-6-9-15(13-21)17-20-19-16-10-4-5-12-22(16)17/h1-5,7-8,10,12,15H,6,9,11,13H2/t15-/m1/s1. The van der Waals surface area contributed by atoms with E-state index >= 15 is 0 Å². The fourth-order valence-electron chi connectivity index (χ4n) is 3.27. The van der Waals surface area contributed by atoms with Crippen LogP contribution in [0.25, 0.3) is 5.65 Å². The topological polar surface area (TPSA) is 50.5 Å². The van der Waals surface area contributed by atoms with Crippen molar-refractivity contribution >= 4 is 11.6 Å². The number of hydrogen-bond donors (Lipinski definition) is 0. The molecule has 1 amide bonds. The number of hydrogen-bond acceptors (Lipinski definition) is 3. The molecule has 116 valence electrons. The van der Waals surface area contributed by atoms with Gasteiger partial charge in [0.1, 0.15) is 5.82 Å². The Labute approximate surface area is 134 Å². The summed E-state index contributed by atoms with van der Waals surface area (Å²) in [5, 5.41) is 8.59. The molecule has 1 aliphatic rings. The summed E-state index contributed by atoms with van der Waals surface area (Å²) in [6, 6.07) is 15.4. The van der Waals surface area contributed by atoms with Crippen LogP contribution in [0.4, 0.5) is 0 Å². The van der Waals surface area contributed by atoms with Gasteiger partial charge in [0.05, 0.1) is 0 Å². The molecular weight excluding hydrogens is 288 g/mol. The third-order valence-corrected chi connectivity index (χ3v) is 4.43. The van der Waals surface area contributed by atoms with Crippen LogP contribution in [0.3, 0.4) is 0 Å². The van der Waals surface area contributed by atoms with Gasteiger partial charge in [0.2, 0.25) is 0 Å². The lowest BCUT2D eigenvalue weighted by Crippen LogP contribution is -2.39. The molecule has 2 aromatic heterocycles. The molecule has 5 heteroatoms. The number of piperidine rings is 1. The van der Waals surface area contributed by atoms with Crippen molar-refractivity contribution in [2.45, 2.75) is 18.8 Å². The van der Waals surface area contributed by atoms with Gasteiger partial charge >= 0.3 is 0 Å². The second-order valence-corrected chi connectivity index (χ2v) is 5.94. The van der Waals surface area contributed by atoms with Crippen molar-refractivity contribution in [2.75, 3.05) is 13.1 Å². The summed E-state index contributed by atoms with van der Waals surface area (Å²) in [5.41, 5.74) is 1.60. The van der Waals surface area contributed by atoms with E-state index in [1.54, 1.807) is 0 Å². The van der Waals surface area contributed by atoms with Gasteiger partial charge in [-0.05, 0) is 37.1 Å². The molecule has 0 radical (unpaired) electrons. The van der Waals surface area contributed by atoms with Crippen LogP contribution in [-0.4, -0.2) is 38.5 Å². The highest BCUT2D eigenvalue weighted by Crippen LogP contribution is 2.26. The highest BCUT2D eigenvalue weighted by molar-refractivity contribution is 5.94. The van der Waals surface area contributed by atoms with Gasteiger partial charge < -0.3 is 4.90 Å². The zero-order chi connectivity index (χ0) is 15.6. The normalized spacial score (nSPS) is 18.3. The Bertz CT molecular complexity index is 827. The van der Waals surface area contributed by atoms with Crippen LogP contribution in [0.2, 0.25) is 0 Å². The monoisotopic (exact) mass is 306 g/mol. The minimum Gasteiger partial charge on any atom is -0.338 e. The van der Waals surface area contributed by atoms with Crippen LogP contribution in [0.1, 0.15) is 34.9 Å². The number of nitrogens with zero attached hydrogens (tertiary/aromatic N) is 4. The molecule has 1 aromatic carbocycles. The van der Waals surface area contributed by atoms with Crippen LogP contribution in [0.15, 0.2) is 54.7 Å². The Hall–Kier alpha value is -2.69. The SMILES string of the molecule is O=C(c1ccccc1)N1CCC[C@@H](c2nnc3ccccn23)C1. The first kappa shape index (κ1) is 13.9. The smallest absolute Gasteiger partial charge is 0.253 e. The van der Waals surface area contributed by atoms with Crippen molar-refractivity contribution < 1.29 is 4.79 Å². The van der Waals surface area contributed by atoms with E-state index in [9.17, 15) is 4.79 Å².